The average Bonchev–Trinajstić information content (AvgIpc) is 2.74. The molecule has 1 unspecified atom stereocenters. The van der Waals surface area contributed by atoms with Crippen LogP contribution in [0.1, 0.15) is 17.3 Å². The SMILES string of the molecule is CN(C)c1ccc(-c2ccc3c(CC(N)c4ccccc4Br)ncnc3n2)nn1. The van der Waals surface area contributed by atoms with Crippen LogP contribution in [0, 0.1) is 0 Å². The van der Waals surface area contributed by atoms with Gasteiger partial charge in [0.1, 0.15) is 12.0 Å². The van der Waals surface area contributed by atoms with Crippen molar-refractivity contribution >= 4 is 32.8 Å². The molecule has 2 N–H and O–H groups in total. The lowest BCUT2D eigenvalue weighted by Gasteiger charge is -2.14. The van der Waals surface area contributed by atoms with Crippen molar-refractivity contribution in [2.75, 3.05) is 19.0 Å². The molecule has 0 spiro atoms. The molecule has 0 aliphatic heterocycles. The minimum Gasteiger partial charge on any atom is -0.361 e. The molecular formula is C21H20BrN7. The van der Waals surface area contributed by atoms with E-state index in [1.165, 1.54) is 6.33 Å². The van der Waals surface area contributed by atoms with E-state index in [0.29, 0.717) is 17.8 Å². The molecule has 7 nitrogen and oxygen atoms in total. The second-order valence-corrected chi connectivity index (χ2v) is 7.75. The second-order valence-electron chi connectivity index (χ2n) is 6.89. The third-order valence-corrected chi connectivity index (χ3v) is 5.39. The van der Waals surface area contributed by atoms with Crippen molar-refractivity contribution in [2.45, 2.75) is 12.5 Å². The van der Waals surface area contributed by atoms with E-state index in [9.17, 15) is 0 Å². The molecule has 146 valence electrons. The molecular weight excluding hydrogens is 430 g/mol. The lowest BCUT2D eigenvalue weighted by atomic mass is 10.0. The van der Waals surface area contributed by atoms with E-state index >= 15 is 0 Å². The highest BCUT2D eigenvalue weighted by molar-refractivity contribution is 9.10. The molecule has 0 aliphatic carbocycles. The highest BCUT2D eigenvalue weighted by Gasteiger charge is 2.15. The predicted octanol–water partition coefficient (Wildman–Crippen LogP) is 3.55. The fourth-order valence-corrected chi connectivity index (χ4v) is 3.67. The van der Waals surface area contributed by atoms with Gasteiger partial charge in [-0.3, -0.25) is 0 Å². The molecule has 0 aliphatic rings. The Kier molecular flexibility index (Phi) is 5.46. The number of rotatable bonds is 5. The Morgan fingerprint density at radius 1 is 0.966 bits per heavy atom. The van der Waals surface area contributed by atoms with Gasteiger partial charge in [0.15, 0.2) is 11.5 Å². The number of hydrogen-bond acceptors (Lipinski definition) is 7. The molecule has 29 heavy (non-hydrogen) atoms. The lowest BCUT2D eigenvalue weighted by Crippen LogP contribution is -2.15. The van der Waals surface area contributed by atoms with Crippen molar-refractivity contribution < 1.29 is 0 Å². The van der Waals surface area contributed by atoms with Crippen LogP contribution in [0.15, 0.2) is 59.3 Å². The summed E-state index contributed by atoms with van der Waals surface area (Å²) in [7, 11) is 3.85. The number of halogens is 1. The van der Waals surface area contributed by atoms with Crippen LogP contribution < -0.4 is 10.6 Å². The monoisotopic (exact) mass is 449 g/mol. The first-order valence-electron chi connectivity index (χ1n) is 9.15. The maximum atomic E-state index is 6.45. The van der Waals surface area contributed by atoms with E-state index in [1.807, 2.05) is 67.5 Å². The van der Waals surface area contributed by atoms with Gasteiger partial charge in [0, 0.05) is 36.4 Å². The zero-order chi connectivity index (χ0) is 20.4. The van der Waals surface area contributed by atoms with Crippen LogP contribution in [0.3, 0.4) is 0 Å². The minimum atomic E-state index is -0.187. The highest BCUT2D eigenvalue weighted by Crippen LogP contribution is 2.26. The number of aromatic nitrogens is 5. The van der Waals surface area contributed by atoms with Crippen LogP contribution in [-0.4, -0.2) is 39.2 Å². The Morgan fingerprint density at radius 3 is 2.48 bits per heavy atom. The molecule has 0 radical (unpaired) electrons. The summed E-state index contributed by atoms with van der Waals surface area (Å²) in [5.41, 5.74) is 10.4. The average molecular weight is 450 g/mol. The van der Waals surface area contributed by atoms with Gasteiger partial charge in [-0.2, -0.15) is 0 Å². The minimum absolute atomic E-state index is 0.187. The number of nitrogens with zero attached hydrogens (tertiary/aromatic N) is 6. The number of anilines is 1. The summed E-state index contributed by atoms with van der Waals surface area (Å²) in [6, 6.07) is 15.5. The number of hydrogen-bond donors (Lipinski definition) is 1. The fraction of sp³-hybridized carbons (Fsp3) is 0.190. The van der Waals surface area contributed by atoms with Gasteiger partial charge < -0.3 is 10.6 Å². The van der Waals surface area contributed by atoms with Crippen molar-refractivity contribution in [3.8, 4) is 11.4 Å². The molecule has 0 fully saturated rings. The maximum Gasteiger partial charge on any atom is 0.163 e. The van der Waals surface area contributed by atoms with E-state index in [1.54, 1.807) is 0 Å². The standard InChI is InChI=1S/C21H20BrN7/c1-29(2)20-10-9-18(27-28-20)17-8-7-14-19(24-12-25-21(14)26-17)11-16(23)13-5-3-4-6-15(13)22/h3-10,12,16H,11,23H2,1-2H3. The Hall–Kier alpha value is -2.97. The first-order valence-corrected chi connectivity index (χ1v) is 9.94. The second kappa shape index (κ2) is 8.18. The van der Waals surface area contributed by atoms with E-state index < -0.39 is 0 Å². The van der Waals surface area contributed by atoms with Gasteiger partial charge in [0.25, 0.3) is 0 Å². The first-order chi connectivity index (χ1) is 14.0. The van der Waals surface area contributed by atoms with Crippen molar-refractivity contribution in [1.82, 2.24) is 25.1 Å². The van der Waals surface area contributed by atoms with Crippen molar-refractivity contribution in [1.29, 1.82) is 0 Å². The van der Waals surface area contributed by atoms with E-state index in [2.05, 4.69) is 41.1 Å². The number of benzene rings is 1. The number of nitrogens with two attached hydrogens (primary N) is 1. The molecule has 3 aromatic heterocycles. The van der Waals surface area contributed by atoms with Crippen LogP contribution in [0.2, 0.25) is 0 Å². The molecule has 0 bridgehead atoms. The van der Waals surface area contributed by atoms with Crippen LogP contribution >= 0.6 is 15.9 Å². The fourth-order valence-electron chi connectivity index (χ4n) is 3.09. The summed E-state index contributed by atoms with van der Waals surface area (Å²) in [6.45, 7) is 0. The van der Waals surface area contributed by atoms with Gasteiger partial charge in [-0.25, -0.2) is 15.0 Å². The summed E-state index contributed by atoms with van der Waals surface area (Å²) in [4.78, 5) is 15.4. The van der Waals surface area contributed by atoms with Crippen LogP contribution in [0.25, 0.3) is 22.4 Å². The molecule has 0 amide bonds. The summed E-state index contributed by atoms with van der Waals surface area (Å²) < 4.78 is 0.992. The van der Waals surface area contributed by atoms with Gasteiger partial charge in [-0.05, 0) is 35.9 Å². The summed E-state index contributed by atoms with van der Waals surface area (Å²) in [5.74, 6) is 0.792. The summed E-state index contributed by atoms with van der Waals surface area (Å²) in [6.07, 6.45) is 2.11. The Balaban J connectivity index is 1.65. The van der Waals surface area contributed by atoms with Crippen LogP contribution in [0.5, 0.6) is 0 Å². The molecule has 1 atom stereocenters. The van der Waals surface area contributed by atoms with Crippen LogP contribution in [-0.2, 0) is 6.42 Å². The van der Waals surface area contributed by atoms with Crippen molar-refractivity contribution in [2.24, 2.45) is 5.73 Å². The van der Waals surface area contributed by atoms with Gasteiger partial charge >= 0.3 is 0 Å². The van der Waals surface area contributed by atoms with Crippen molar-refractivity contribution in [3.05, 3.63) is 70.6 Å². The van der Waals surface area contributed by atoms with Crippen LogP contribution in [0.4, 0.5) is 5.82 Å². The van der Waals surface area contributed by atoms with E-state index in [4.69, 9.17) is 5.73 Å². The normalized spacial score (nSPS) is 12.1. The Morgan fingerprint density at radius 2 is 1.76 bits per heavy atom. The molecule has 4 aromatic rings. The number of pyridine rings is 1. The van der Waals surface area contributed by atoms with Gasteiger partial charge in [0.2, 0.25) is 0 Å². The molecule has 3 heterocycles. The zero-order valence-corrected chi connectivity index (χ0v) is 17.7. The molecule has 0 saturated carbocycles. The maximum absolute atomic E-state index is 6.45. The first kappa shape index (κ1) is 19.4. The van der Waals surface area contributed by atoms with Crippen molar-refractivity contribution in [3.63, 3.8) is 0 Å². The van der Waals surface area contributed by atoms with Gasteiger partial charge in [-0.1, -0.05) is 34.1 Å². The lowest BCUT2D eigenvalue weighted by molar-refractivity contribution is 0.706. The Labute approximate surface area is 177 Å². The summed E-state index contributed by atoms with van der Waals surface area (Å²) in [5, 5.41) is 9.38. The molecule has 0 saturated heterocycles. The van der Waals surface area contributed by atoms with Gasteiger partial charge in [0.05, 0.1) is 11.4 Å². The Bertz CT molecular complexity index is 1150. The third-order valence-electron chi connectivity index (χ3n) is 4.67. The highest BCUT2D eigenvalue weighted by atomic mass is 79.9. The zero-order valence-electron chi connectivity index (χ0n) is 16.1. The molecule has 1 aromatic carbocycles. The topological polar surface area (TPSA) is 93.7 Å². The largest absolute Gasteiger partial charge is 0.361 e. The molecule has 4 rings (SSSR count). The third kappa shape index (κ3) is 4.08. The molecule has 8 heteroatoms. The smallest absolute Gasteiger partial charge is 0.163 e. The van der Waals surface area contributed by atoms with Gasteiger partial charge in [-0.15, -0.1) is 10.2 Å². The quantitative estimate of drug-likeness (QED) is 0.497. The summed E-state index contributed by atoms with van der Waals surface area (Å²) >= 11 is 3.57. The van der Waals surface area contributed by atoms with E-state index in [0.717, 1.165) is 32.6 Å². The predicted molar refractivity (Wildman–Crippen MR) is 117 cm³/mol. The number of fused-ring (bicyclic) bond motifs is 1. The van der Waals surface area contributed by atoms with E-state index in [-0.39, 0.29) is 6.04 Å².